The Balaban J connectivity index is 2.37. The van der Waals surface area contributed by atoms with E-state index >= 15 is 0 Å². The van der Waals surface area contributed by atoms with Gasteiger partial charge in [0.25, 0.3) is 0 Å². The van der Waals surface area contributed by atoms with E-state index in [0.717, 1.165) is 43.6 Å². The van der Waals surface area contributed by atoms with Gasteiger partial charge in [-0.25, -0.2) is 0 Å². The van der Waals surface area contributed by atoms with Gasteiger partial charge in [0.1, 0.15) is 0 Å². The highest BCUT2D eigenvalue weighted by molar-refractivity contribution is 5.57. The van der Waals surface area contributed by atoms with Gasteiger partial charge in [-0.15, -0.1) is 0 Å². The lowest BCUT2D eigenvalue weighted by Crippen LogP contribution is -2.30. The summed E-state index contributed by atoms with van der Waals surface area (Å²) in [6.07, 6.45) is -1.38. The molecule has 0 spiro atoms. The van der Waals surface area contributed by atoms with E-state index in [2.05, 4.69) is 4.90 Å². The summed E-state index contributed by atoms with van der Waals surface area (Å²) < 4.78 is 38.0. The summed E-state index contributed by atoms with van der Waals surface area (Å²) in [5.74, 6) is 0. The van der Waals surface area contributed by atoms with Crippen LogP contribution in [0, 0.1) is 0 Å². The third-order valence-electron chi connectivity index (χ3n) is 3.12. The fourth-order valence-electron chi connectivity index (χ4n) is 2.33. The van der Waals surface area contributed by atoms with E-state index in [4.69, 9.17) is 0 Å². The lowest BCUT2D eigenvalue weighted by molar-refractivity contribution is -0.137. The molecule has 0 bridgehead atoms. The van der Waals surface area contributed by atoms with E-state index in [-0.39, 0.29) is 0 Å². The minimum Gasteiger partial charge on any atom is -0.371 e. The first kappa shape index (κ1) is 12.3. The number of aryl methyl sites for hydroxylation is 1. The van der Waals surface area contributed by atoms with Crippen LogP contribution in [0.15, 0.2) is 18.2 Å². The minimum absolute atomic E-state index is 0.542. The fraction of sp³-hybridized carbons (Fsp3) is 0.538. The lowest BCUT2D eigenvalue weighted by atomic mass is 9.99. The van der Waals surface area contributed by atoms with Gasteiger partial charge >= 0.3 is 6.18 Å². The van der Waals surface area contributed by atoms with Crippen molar-refractivity contribution in [3.8, 4) is 0 Å². The standard InChI is InChI=1S/C13H16F3N/c1-2-7-17-8-3-4-10-5-6-11(9-12(10)17)13(14,15)16/h5-6,9H,2-4,7-8H2,1H3. The van der Waals surface area contributed by atoms with E-state index in [9.17, 15) is 13.2 Å². The van der Waals surface area contributed by atoms with E-state index < -0.39 is 11.7 Å². The summed E-state index contributed by atoms with van der Waals surface area (Å²) in [5.41, 5.74) is 1.27. The van der Waals surface area contributed by atoms with Crippen molar-refractivity contribution in [1.82, 2.24) is 0 Å². The molecular formula is C13H16F3N. The maximum absolute atomic E-state index is 12.7. The summed E-state index contributed by atoms with van der Waals surface area (Å²) in [7, 11) is 0. The molecule has 1 aliphatic rings. The summed E-state index contributed by atoms with van der Waals surface area (Å²) >= 11 is 0. The highest BCUT2D eigenvalue weighted by Crippen LogP contribution is 2.35. The van der Waals surface area contributed by atoms with E-state index in [0.29, 0.717) is 0 Å². The number of rotatable bonds is 2. The molecule has 0 unspecified atom stereocenters. The molecule has 0 atom stereocenters. The Bertz CT molecular complexity index is 398. The molecule has 4 heteroatoms. The zero-order chi connectivity index (χ0) is 12.5. The van der Waals surface area contributed by atoms with Gasteiger partial charge < -0.3 is 4.90 Å². The molecular weight excluding hydrogens is 227 g/mol. The van der Waals surface area contributed by atoms with Crippen LogP contribution in [0.1, 0.15) is 30.9 Å². The molecule has 0 N–H and O–H groups in total. The second-order valence-electron chi connectivity index (χ2n) is 4.43. The molecule has 1 aromatic carbocycles. The van der Waals surface area contributed by atoms with Crippen LogP contribution in [0.5, 0.6) is 0 Å². The van der Waals surface area contributed by atoms with E-state index in [1.807, 2.05) is 6.92 Å². The van der Waals surface area contributed by atoms with Crippen molar-refractivity contribution in [3.05, 3.63) is 29.3 Å². The van der Waals surface area contributed by atoms with Gasteiger partial charge in [0, 0.05) is 18.8 Å². The van der Waals surface area contributed by atoms with Gasteiger partial charge in [-0.05, 0) is 37.0 Å². The quantitative estimate of drug-likeness (QED) is 0.762. The Labute approximate surface area is 99.2 Å². The van der Waals surface area contributed by atoms with E-state index in [1.165, 1.54) is 12.1 Å². The van der Waals surface area contributed by atoms with Crippen molar-refractivity contribution in [2.24, 2.45) is 0 Å². The van der Waals surface area contributed by atoms with Crippen molar-refractivity contribution in [2.75, 3.05) is 18.0 Å². The third kappa shape index (κ3) is 2.56. The monoisotopic (exact) mass is 243 g/mol. The predicted octanol–water partition coefficient (Wildman–Crippen LogP) is 3.87. The highest BCUT2D eigenvalue weighted by atomic mass is 19.4. The maximum Gasteiger partial charge on any atom is 0.416 e. The number of benzene rings is 1. The second kappa shape index (κ2) is 4.59. The van der Waals surface area contributed by atoms with Crippen LogP contribution in [0.4, 0.5) is 18.9 Å². The smallest absolute Gasteiger partial charge is 0.371 e. The van der Waals surface area contributed by atoms with Crippen molar-refractivity contribution < 1.29 is 13.2 Å². The molecule has 0 radical (unpaired) electrons. The van der Waals surface area contributed by atoms with Crippen molar-refractivity contribution >= 4 is 5.69 Å². The minimum atomic E-state index is -4.25. The molecule has 0 saturated heterocycles. The summed E-state index contributed by atoms with van der Waals surface area (Å²) in [6.45, 7) is 3.73. The first-order valence-corrected chi connectivity index (χ1v) is 5.97. The van der Waals surface area contributed by atoms with Crippen LogP contribution in [-0.2, 0) is 12.6 Å². The first-order chi connectivity index (χ1) is 8.02. The number of anilines is 1. The van der Waals surface area contributed by atoms with Crippen LogP contribution in [-0.4, -0.2) is 13.1 Å². The van der Waals surface area contributed by atoms with Gasteiger partial charge in [0.05, 0.1) is 5.56 Å². The zero-order valence-electron chi connectivity index (χ0n) is 9.85. The molecule has 1 nitrogen and oxygen atoms in total. The van der Waals surface area contributed by atoms with Crippen LogP contribution >= 0.6 is 0 Å². The molecule has 1 heterocycles. The fourth-order valence-corrected chi connectivity index (χ4v) is 2.33. The van der Waals surface area contributed by atoms with Gasteiger partial charge in [0.15, 0.2) is 0 Å². The predicted molar refractivity (Wildman–Crippen MR) is 62.3 cm³/mol. The zero-order valence-corrected chi connectivity index (χ0v) is 9.85. The molecule has 94 valence electrons. The number of fused-ring (bicyclic) bond motifs is 1. The average molecular weight is 243 g/mol. The molecule has 2 rings (SSSR count). The summed E-state index contributed by atoms with van der Waals surface area (Å²) in [5, 5.41) is 0. The number of hydrogen-bond acceptors (Lipinski definition) is 1. The Kier molecular flexibility index (Phi) is 3.31. The average Bonchev–Trinajstić information content (AvgIpc) is 2.28. The number of alkyl halides is 3. The largest absolute Gasteiger partial charge is 0.416 e. The molecule has 0 aliphatic carbocycles. The molecule has 0 amide bonds. The lowest BCUT2D eigenvalue weighted by Gasteiger charge is -2.31. The Morgan fingerprint density at radius 2 is 2.06 bits per heavy atom. The summed E-state index contributed by atoms with van der Waals surface area (Å²) in [6, 6.07) is 4.11. The van der Waals surface area contributed by atoms with Crippen molar-refractivity contribution in [2.45, 2.75) is 32.4 Å². The van der Waals surface area contributed by atoms with Crippen LogP contribution in [0.25, 0.3) is 0 Å². The SMILES string of the molecule is CCCN1CCCc2ccc(C(F)(F)F)cc21. The van der Waals surface area contributed by atoms with Gasteiger partial charge in [-0.2, -0.15) is 13.2 Å². The topological polar surface area (TPSA) is 3.24 Å². The van der Waals surface area contributed by atoms with Crippen LogP contribution in [0.3, 0.4) is 0 Å². The highest BCUT2D eigenvalue weighted by Gasteiger charge is 2.32. The van der Waals surface area contributed by atoms with Gasteiger partial charge in [-0.3, -0.25) is 0 Å². The second-order valence-corrected chi connectivity index (χ2v) is 4.43. The molecule has 0 fully saturated rings. The van der Waals surface area contributed by atoms with Gasteiger partial charge in [-0.1, -0.05) is 13.0 Å². The molecule has 0 saturated carbocycles. The summed E-state index contributed by atoms with van der Waals surface area (Å²) in [4.78, 5) is 2.06. The molecule has 17 heavy (non-hydrogen) atoms. The number of nitrogens with zero attached hydrogens (tertiary/aromatic N) is 1. The maximum atomic E-state index is 12.7. The van der Waals surface area contributed by atoms with Crippen LogP contribution < -0.4 is 4.90 Å². The van der Waals surface area contributed by atoms with Crippen molar-refractivity contribution in [1.29, 1.82) is 0 Å². The third-order valence-corrected chi connectivity index (χ3v) is 3.12. The van der Waals surface area contributed by atoms with Crippen LogP contribution in [0.2, 0.25) is 0 Å². The molecule has 0 aromatic heterocycles. The first-order valence-electron chi connectivity index (χ1n) is 5.97. The van der Waals surface area contributed by atoms with Crippen molar-refractivity contribution in [3.63, 3.8) is 0 Å². The van der Waals surface area contributed by atoms with E-state index in [1.54, 1.807) is 6.07 Å². The normalized spacial score (nSPS) is 15.9. The molecule has 1 aliphatic heterocycles. The van der Waals surface area contributed by atoms with Gasteiger partial charge in [0.2, 0.25) is 0 Å². The Morgan fingerprint density at radius 3 is 2.71 bits per heavy atom. The Hall–Kier alpha value is -1.19. The molecule has 1 aromatic rings. The number of hydrogen-bond donors (Lipinski definition) is 0. The number of halogens is 3. The Morgan fingerprint density at radius 1 is 1.29 bits per heavy atom.